The summed E-state index contributed by atoms with van der Waals surface area (Å²) in [6, 6.07) is 14.0. The van der Waals surface area contributed by atoms with Gasteiger partial charge >= 0.3 is 0 Å². The van der Waals surface area contributed by atoms with Crippen LogP contribution in [0.2, 0.25) is 0 Å². The van der Waals surface area contributed by atoms with Gasteiger partial charge in [0.1, 0.15) is 0 Å². The van der Waals surface area contributed by atoms with Crippen molar-refractivity contribution in [1.29, 1.82) is 0 Å². The van der Waals surface area contributed by atoms with Crippen LogP contribution in [0.15, 0.2) is 54.9 Å². The number of carbonyl (C=O) groups excluding carboxylic acids is 1. The second-order valence-electron chi connectivity index (χ2n) is 6.37. The molecule has 3 rings (SSSR count). The van der Waals surface area contributed by atoms with Crippen LogP contribution in [0.25, 0.3) is 0 Å². The van der Waals surface area contributed by atoms with Crippen molar-refractivity contribution in [2.45, 2.75) is 31.7 Å². The summed E-state index contributed by atoms with van der Waals surface area (Å²) in [5.74, 6) is 0.0234. The van der Waals surface area contributed by atoms with Gasteiger partial charge in [0.15, 0.2) is 0 Å². The Balaban J connectivity index is 1.51. The Hall–Kier alpha value is -2.20. The van der Waals surface area contributed by atoms with E-state index in [-0.39, 0.29) is 5.91 Å². The van der Waals surface area contributed by atoms with Gasteiger partial charge in [0.2, 0.25) is 0 Å². The monoisotopic (exact) mass is 323 g/mol. The van der Waals surface area contributed by atoms with Crippen molar-refractivity contribution in [2.75, 3.05) is 19.6 Å². The van der Waals surface area contributed by atoms with Crippen molar-refractivity contribution >= 4 is 5.91 Å². The van der Waals surface area contributed by atoms with Gasteiger partial charge in [0.25, 0.3) is 5.91 Å². The van der Waals surface area contributed by atoms with Gasteiger partial charge in [-0.3, -0.25) is 14.7 Å². The fourth-order valence-electron chi connectivity index (χ4n) is 3.31. The summed E-state index contributed by atoms with van der Waals surface area (Å²) in [6.07, 6.45) is 8.39. The van der Waals surface area contributed by atoms with E-state index in [2.05, 4.69) is 27.3 Å². The highest BCUT2D eigenvalue weighted by atomic mass is 16.1. The number of likely N-dealkylation sites (tertiary alicyclic amines) is 1. The van der Waals surface area contributed by atoms with Crippen LogP contribution in [-0.4, -0.2) is 41.5 Å². The lowest BCUT2D eigenvalue weighted by Gasteiger charge is -2.35. The van der Waals surface area contributed by atoms with Gasteiger partial charge in [-0.1, -0.05) is 24.6 Å². The Morgan fingerprint density at radius 1 is 1.12 bits per heavy atom. The first kappa shape index (κ1) is 16.7. The molecule has 1 amide bonds. The third-order valence-corrected chi connectivity index (χ3v) is 4.72. The topological polar surface area (TPSA) is 45.2 Å². The van der Waals surface area contributed by atoms with Gasteiger partial charge in [-0.2, -0.15) is 0 Å². The molecule has 1 aromatic heterocycles. The molecule has 0 radical (unpaired) electrons. The van der Waals surface area contributed by atoms with Crippen molar-refractivity contribution in [3.8, 4) is 0 Å². The van der Waals surface area contributed by atoms with Gasteiger partial charge in [0.05, 0.1) is 0 Å². The number of nitrogens with zero attached hydrogens (tertiary/aromatic N) is 2. The number of nitrogens with one attached hydrogen (secondary N) is 1. The molecule has 0 unspecified atom stereocenters. The molecular formula is C20H25N3O. The SMILES string of the molecule is O=C(NC[C@@H]1CCCCN1CCc1ccncc1)c1ccccc1. The minimum absolute atomic E-state index is 0.0234. The van der Waals surface area contributed by atoms with Crippen LogP contribution < -0.4 is 5.32 Å². The zero-order valence-electron chi connectivity index (χ0n) is 14.0. The number of pyridine rings is 1. The second kappa shape index (κ2) is 8.60. The molecular weight excluding hydrogens is 298 g/mol. The molecule has 0 spiro atoms. The summed E-state index contributed by atoms with van der Waals surface area (Å²) in [5.41, 5.74) is 2.05. The van der Waals surface area contributed by atoms with E-state index in [0.717, 1.165) is 38.0 Å². The number of hydrogen-bond donors (Lipinski definition) is 1. The molecule has 1 aliphatic rings. The predicted molar refractivity (Wildman–Crippen MR) is 95.9 cm³/mol. The van der Waals surface area contributed by atoms with Crippen molar-refractivity contribution < 1.29 is 4.79 Å². The van der Waals surface area contributed by atoms with E-state index in [1.807, 2.05) is 42.7 Å². The summed E-state index contributed by atoms with van der Waals surface area (Å²) in [4.78, 5) is 18.8. The molecule has 1 aromatic carbocycles. The minimum atomic E-state index is 0.0234. The quantitative estimate of drug-likeness (QED) is 0.889. The average Bonchev–Trinajstić information content (AvgIpc) is 2.66. The highest BCUT2D eigenvalue weighted by Crippen LogP contribution is 2.17. The Morgan fingerprint density at radius 2 is 1.92 bits per heavy atom. The van der Waals surface area contributed by atoms with E-state index < -0.39 is 0 Å². The summed E-state index contributed by atoms with van der Waals surface area (Å²) in [5, 5.41) is 3.11. The maximum Gasteiger partial charge on any atom is 0.251 e. The number of carbonyl (C=O) groups is 1. The van der Waals surface area contributed by atoms with Gasteiger partial charge in [-0.15, -0.1) is 0 Å². The molecule has 24 heavy (non-hydrogen) atoms. The lowest BCUT2D eigenvalue weighted by Crippen LogP contribution is -2.47. The molecule has 1 saturated heterocycles. The fraction of sp³-hybridized carbons (Fsp3) is 0.400. The van der Waals surface area contributed by atoms with Crippen LogP contribution in [0.5, 0.6) is 0 Å². The first-order valence-electron chi connectivity index (χ1n) is 8.79. The molecule has 126 valence electrons. The predicted octanol–water partition coefficient (Wildman–Crippen LogP) is 2.91. The zero-order valence-corrected chi connectivity index (χ0v) is 14.0. The Bertz CT molecular complexity index is 630. The highest BCUT2D eigenvalue weighted by Gasteiger charge is 2.22. The van der Waals surface area contributed by atoms with E-state index in [0.29, 0.717) is 6.04 Å². The molecule has 2 aromatic rings. The smallest absolute Gasteiger partial charge is 0.251 e. The van der Waals surface area contributed by atoms with Crippen LogP contribution in [0.3, 0.4) is 0 Å². The van der Waals surface area contributed by atoms with Crippen LogP contribution >= 0.6 is 0 Å². The molecule has 1 aliphatic heterocycles. The third kappa shape index (κ3) is 4.65. The summed E-state index contributed by atoms with van der Waals surface area (Å²) in [7, 11) is 0. The van der Waals surface area contributed by atoms with Crippen molar-refractivity contribution in [2.24, 2.45) is 0 Å². The van der Waals surface area contributed by atoms with Crippen LogP contribution in [0, 0.1) is 0 Å². The number of amides is 1. The highest BCUT2D eigenvalue weighted by molar-refractivity contribution is 5.94. The Labute approximate surface area is 143 Å². The first-order valence-corrected chi connectivity index (χ1v) is 8.79. The maximum absolute atomic E-state index is 12.2. The Kier molecular flexibility index (Phi) is 5.96. The summed E-state index contributed by atoms with van der Waals surface area (Å²) >= 11 is 0. The number of aromatic nitrogens is 1. The number of rotatable bonds is 6. The van der Waals surface area contributed by atoms with Crippen LogP contribution in [0.4, 0.5) is 0 Å². The largest absolute Gasteiger partial charge is 0.350 e. The molecule has 2 heterocycles. The summed E-state index contributed by atoms with van der Waals surface area (Å²) < 4.78 is 0. The zero-order chi connectivity index (χ0) is 16.6. The third-order valence-electron chi connectivity index (χ3n) is 4.72. The van der Waals surface area contributed by atoms with E-state index >= 15 is 0 Å². The second-order valence-corrected chi connectivity index (χ2v) is 6.37. The lowest BCUT2D eigenvalue weighted by molar-refractivity contribution is 0.0914. The first-order chi connectivity index (χ1) is 11.8. The summed E-state index contributed by atoms with van der Waals surface area (Å²) in [6.45, 7) is 2.89. The lowest BCUT2D eigenvalue weighted by atomic mass is 10.0. The van der Waals surface area contributed by atoms with Crippen molar-refractivity contribution in [3.05, 3.63) is 66.0 Å². The molecule has 1 fully saturated rings. The minimum Gasteiger partial charge on any atom is -0.350 e. The fourth-order valence-corrected chi connectivity index (χ4v) is 3.31. The normalized spacial score (nSPS) is 18.2. The molecule has 1 N–H and O–H groups in total. The molecule has 0 aliphatic carbocycles. The standard InChI is InChI=1S/C20H25N3O/c24-20(18-6-2-1-3-7-18)22-16-19-8-4-5-14-23(19)15-11-17-9-12-21-13-10-17/h1-3,6-7,9-10,12-13,19H,4-5,8,11,14-16H2,(H,22,24)/t19-/m0/s1. The molecule has 4 nitrogen and oxygen atoms in total. The Morgan fingerprint density at radius 3 is 2.71 bits per heavy atom. The number of hydrogen-bond acceptors (Lipinski definition) is 3. The van der Waals surface area contributed by atoms with E-state index in [1.165, 1.54) is 18.4 Å². The van der Waals surface area contributed by atoms with Crippen molar-refractivity contribution in [3.63, 3.8) is 0 Å². The van der Waals surface area contributed by atoms with E-state index in [9.17, 15) is 4.79 Å². The van der Waals surface area contributed by atoms with E-state index in [4.69, 9.17) is 0 Å². The molecule has 0 saturated carbocycles. The average molecular weight is 323 g/mol. The van der Waals surface area contributed by atoms with Crippen LogP contribution in [-0.2, 0) is 6.42 Å². The van der Waals surface area contributed by atoms with Gasteiger partial charge in [-0.05, 0) is 55.6 Å². The van der Waals surface area contributed by atoms with E-state index in [1.54, 1.807) is 0 Å². The van der Waals surface area contributed by atoms with Gasteiger partial charge in [0, 0.05) is 37.1 Å². The maximum atomic E-state index is 12.2. The van der Waals surface area contributed by atoms with Gasteiger partial charge in [-0.25, -0.2) is 0 Å². The molecule has 1 atom stereocenters. The molecule has 0 bridgehead atoms. The van der Waals surface area contributed by atoms with Crippen molar-refractivity contribution in [1.82, 2.24) is 15.2 Å². The van der Waals surface area contributed by atoms with Gasteiger partial charge < -0.3 is 5.32 Å². The number of benzene rings is 1. The molecule has 4 heteroatoms. The van der Waals surface area contributed by atoms with Crippen LogP contribution in [0.1, 0.15) is 35.2 Å². The number of piperidine rings is 1.